The first-order chi connectivity index (χ1) is 5.72. The Morgan fingerprint density at radius 3 is 2.75 bits per heavy atom. The summed E-state index contributed by atoms with van der Waals surface area (Å²) in [4.78, 5) is 10.7. The van der Waals surface area contributed by atoms with Crippen molar-refractivity contribution in [3.05, 3.63) is 0 Å². The van der Waals surface area contributed by atoms with E-state index in [2.05, 4.69) is 0 Å². The van der Waals surface area contributed by atoms with Crippen molar-refractivity contribution in [2.45, 2.75) is 25.9 Å². The number of carbonyl (C=O) groups is 1. The molecule has 1 N–H and O–H groups in total. The van der Waals surface area contributed by atoms with Gasteiger partial charge in [-0.2, -0.15) is 0 Å². The molecule has 0 bridgehead atoms. The van der Waals surface area contributed by atoms with Gasteiger partial charge in [0.2, 0.25) is 0 Å². The van der Waals surface area contributed by atoms with Gasteiger partial charge in [-0.25, -0.2) is 0 Å². The molecule has 2 aliphatic rings. The van der Waals surface area contributed by atoms with Crippen LogP contribution in [0.25, 0.3) is 0 Å². The van der Waals surface area contributed by atoms with Gasteiger partial charge in [-0.15, -0.1) is 0 Å². The molecule has 68 valence electrons. The Labute approximate surface area is 71.7 Å². The molecule has 0 radical (unpaired) electrons. The monoisotopic (exact) mass is 170 g/mol. The zero-order valence-corrected chi connectivity index (χ0v) is 7.19. The number of rotatable bonds is 2. The molecule has 12 heavy (non-hydrogen) atoms. The SMILES string of the molecule is C[C@H]1[C@H](C(=O)O)[C@H]1[C@H]1CCCO1. The number of ether oxygens (including phenoxy) is 1. The largest absolute Gasteiger partial charge is 0.481 e. The van der Waals surface area contributed by atoms with Crippen LogP contribution in [-0.4, -0.2) is 23.8 Å². The standard InChI is InChI=1S/C9H14O3/c1-5-7(8(5)9(10)11)6-3-2-4-12-6/h5-8H,2-4H2,1H3,(H,10,11)/t5-,6-,7-,8+/m1/s1. The summed E-state index contributed by atoms with van der Waals surface area (Å²) in [5.41, 5.74) is 0. The maximum atomic E-state index is 10.7. The molecule has 2 fully saturated rings. The lowest BCUT2D eigenvalue weighted by atomic mass is 10.1. The average molecular weight is 170 g/mol. The Bertz CT molecular complexity index is 196. The average Bonchev–Trinajstić information content (AvgIpc) is 2.50. The van der Waals surface area contributed by atoms with Gasteiger partial charge < -0.3 is 9.84 Å². The molecule has 0 aromatic carbocycles. The lowest BCUT2D eigenvalue weighted by molar-refractivity contribution is -0.139. The molecule has 0 aromatic rings. The van der Waals surface area contributed by atoms with Crippen molar-refractivity contribution in [3.63, 3.8) is 0 Å². The molecule has 1 aliphatic heterocycles. The summed E-state index contributed by atoms with van der Waals surface area (Å²) in [6.07, 6.45) is 2.39. The maximum absolute atomic E-state index is 10.7. The van der Waals surface area contributed by atoms with Crippen molar-refractivity contribution in [2.75, 3.05) is 6.61 Å². The predicted octanol–water partition coefficient (Wildman–Crippen LogP) is 1.13. The molecule has 1 heterocycles. The molecule has 2 rings (SSSR count). The highest BCUT2D eigenvalue weighted by Crippen LogP contribution is 2.51. The molecule has 4 atom stereocenters. The topological polar surface area (TPSA) is 46.5 Å². The summed E-state index contributed by atoms with van der Waals surface area (Å²) in [5.74, 6) is -0.160. The number of carboxylic acid groups (broad SMARTS) is 1. The van der Waals surface area contributed by atoms with Gasteiger partial charge in [0.15, 0.2) is 0 Å². The molecule has 1 aliphatic carbocycles. The van der Waals surface area contributed by atoms with E-state index in [9.17, 15) is 4.79 Å². The van der Waals surface area contributed by atoms with Crippen molar-refractivity contribution >= 4 is 5.97 Å². The summed E-state index contributed by atoms with van der Waals surface area (Å²) < 4.78 is 5.46. The summed E-state index contributed by atoms with van der Waals surface area (Å²) in [6, 6.07) is 0. The molecule has 0 aromatic heterocycles. The van der Waals surface area contributed by atoms with Gasteiger partial charge in [-0.05, 0) is 18.8 Å². The molecule has 1 saturated carbocycles. The van der Waals surface area contributed by atoms with Crippen LogP contribution in [0, 0.1) is 17.8 Å². The van der Waals surface area contributed by atoms with Crippen molar-refractivity contribution in [2.24, 2.45) is 17.8 Å². The molecule has 0 spiro atoms. The van der Waals surface area contributed by atoms with Crippen molar-refractivity contribution in [3.8, 4) is 0 Å². The van der Waals surface area contributed by atoms with E-state index in [-0.39, 0.29) is 12.0 Å². The molecular formula is C9H14O3. The van der Waals surface area contributed by atoms with E-state index >= 15 is 0 Å². The lowest BCUT2D eigenvalue weighted by Gasteiger charge is -2.06. The van der Waals surface area contributed by atoms with Crippen LogP contribution in [-0.2, 0) is 9.53 Å². The Morgan fingerprint density at radius 2 is 2.33 bits per heavy atom. The predicted molar refractivity (Wildman–Crippen MR) is 42.8 cm³/mol. The van der Waals surface area contributed by atoms with Crippen LogP contribution in [0.4, 0.5) is 0 Å². The second-order valence-corrected chi connectivity index (χ2v) is 3.85. The number of hydrogen-bond donors (Lipinski definition) is 1. The third-order valence-electron chi connectivity index (χ3n) is 3.13. The minimum Gasteiger partial charge on any atom is -0.481 e. The fourth-order valence-electron chi connectivity index (χ4n) is 2.36. The molecule has 3 heteroatoms. The van der Waals surface area contributed by atoms with E-state index in [1.807, 2.05) is 6.92 Å². The van der Waals surface area contributed by atoms with Gasteiger partial charge in [0.05, 0.1) is 12.0 Å². The number of hydrogen-bond acceptors (Lipinski definition) is 2. The fourth-order valence-corrected chi connectivity index (χ4v) is 2.36. The Morgan fingerprint density at radius 1 is 1.58 bits per heavy atom. The third kappa shape index (κ3) is 1.12. The second kappa shape index (κ2) is 2.73. The van der Waals surface area contributed by atoms with E-state index < -0.39 is 5.97 Å². The van der Waals surface area contributed by atoms with Gasteiger partial charge >= 0.3 is 5.97 Å². The maximum Gasteiger partial charge on any atom is 0.307 e. The Hall–Kier alpha value is -0.570. The van der Waals surface area contributed by atoms with Crippen molar-refractivity contribution in [1.29, 1.82) is 0 Å². The van der Waals surface area contributed by atoms with Crippen LogP contribution in [0.15, 0.2) is 0 Å². The molecule has 3 nitrogen and oxygen atoms in total. The normalized spacial score (nSPS) is 46.1. The summed E-state index contributed by atoms with van der Waals surface area (Å²) >= 11 is 0. The quantitative estimate of drug-likeness (QED) is 0.675. The van der Waals surface area contributed by atoms with Gasteiger partial charge in [0, 0.05) is 12.5 Å². The third-order valence-corrected chi connectivity index (χ3v) is 3.13. The Kier molecular flexibility index (Phi) is 1.83. The highest BCUT2D eigenvalue weighted by atomic mass is 16.5. The van der Waals surface area contributed by atoms with E-state index in [0.717, 1.165) is 19.4 Å². The number of carboxylic acids is 1. The summed E-state index contributed by atoms with van der Waals surface area (Å²) in [7, 11) is 0. The van der Waals surface area contributed by atoms with E-state index in [1.165, 1.54) is 0 Å². The van der Waals surface area contributed by atoms with Crippen LogP contribution >= 0.6 is 0 Å². The van der Waals surface area contributed by atoms with Crippen LogP contribution in [0.1, 0.15) is 19.8 Å². The van der Waals surface area contributed by atoms with Crippen LogP contribution in [0.5, 0.6) is 0 Å². The lowest BCUT2D eigenvalue weighted by Crippen LogP contribution is -2.12. The first-order valence-electron chi connectivity index (χ1n) is 4.56. The van der Waals surface area contributed by atoms with E-state index in [0.29, 0.717) is 11.8 Å². The van der Waals surface area contributed by atoms with Gasteiger partial charge in [0.25, 0.3) is 0 Å². The van der Waals surface area contributed by atoms with Crippen molar-refractivity contribution < 1.29 is 14.6 Å². The van der Waals surface area contributed by atoms with Gasteiger partial charge in [0.1, 0.15) is 0 Å². The highest BCUT2D eigenvalue weighted by molar-refractivity contribution is 5.74. The van der Waals surface area contributed by atoms with Crippen LogP contribution in [0.2, 0.25) is 0 Å². The zero-order valence-electron chi connectivity index (χ0n) is 7.19. The fraction of sp³-hybridized carbons (Fsp3) is 0.889. The zero-order chi connectivity index (χ0) is 8.72. The van der Waals surface area contributed by atoms with Crippen molar-refractivity contribution in [1.82, 2.24) is 0 Å². The smallest absolute Gasteiger partial charge is 0.307 e. The number of aliphatic carboxylic acids is 1. The minimum absolute atomic E-state index is 0.131. The van der Waals surface area contributed by atoms with Crippen LogP contribution < -0.4 is 0 Å². The summed E-state index contributed by atoms with van der Waals surface area (Å²) in [5, 5.41) is 8.80. The van der Waals surface area contributed by atoms with E-state index in [4.69, 9.17) is 9.84 Å². The first-order valence-corrected chi connectivity index (χ1v) is 4.56. The minimum atomic E-state index is -0.650. The van der Waals surface area contributed by atoms with Gasteiger partial charge in [-0.3, -0.25) is 4.79 Å². The Balaban J connectivity index is 1.94. The second-order valence-electron chi connectivity index (χ2n) is 3.85. The van der Waals surface area contributed by atoms with Gasteiger partial charge in [-0.1, -0.05) is 6.92 Å². The molecular weight excluding hydrogens is 156 g/mol. The molecule has 0 unspecified atom stereocenters. The molecule has 0 amide bonds. The van der Waals surface area contributed by atoms with E-state index in [1.54, 1.807) is 0 Å². The highest BCUT2D eigenvalue weighted by Gasteiger charge is 2.56. The summed E-state index contributed by atoms with van der Waals surface area (Å²) in [6.45, 7) is 2.82. The first kappa shape index (κ1) is 8.05. The van der Waals surface area contributed by atoms with Crippen LogP contribution in [0.3, 0.4) is 0 Å². The molecule has 1 saturated heterocycles.